The van der Waals surface area contributed by atoms with E-state index in [9.17, 15) is 0 Å². The first-order valence-corrected chi connectivity index (χ1v) is 7.74. The highest BCUT2D eigenvalue weighted by atomic mass is 32.1. The fourth-order valence-electron chi connectivity index (χ4n) is 2.78. The molecule has 1 N–H and O–H groups in total. The van der Waals surface area contributed by atoms with Crippen molar-refractivity contribution in [3.63, 3.8) is 0 Å². The summed E-state index contributed by atoms with van der Waals surface area (Å²) in [5, 5.41) is 4.68. The van der Waals surface area contributed by atoms with Gasteiger partial charge < -0.3 is 5.32 Å². The average Bonchev–Trinajstić information content (AvgIpc) is 2.68. The molecule has 4 heteroatoms. The Morgan fingerprint density at radius 3 is 2.83 bits per heavy atom. The second kappa shape index (κ2) is 6.13. The predicted molar refractivity (Wildman–Crippen MR) is 78.2 cm³/mol. The van der Waals surface area contributed by atoms with Gasteiger partial charge in [0.1, 0.15) is 0 Å². The van der Waals surface area contributed by atoms with E-state index >= 15 is 0 Å². The molecule has 0 saturated carbocycles. The van der Waals surface area contributed by atoms with Crippen molar-refractivity contribution >= 4 is 11.3 Å². The maximum absolute atomic E-state index is 4.54. The molecule has 0 radical (unpaired) electrons. The number of hydrogen-bond acceptors (Lipinski definition) is 4. The molecule has 1 aliphatic heterocycles. The summed E-state index contributed by atoms with van der Waals surface area (Å²) in [7, 11) is 2.24. The first-order chi connectivity index (χ1) is 8.58. The molecule has 2 unspecified atom stereocenters. The molecule has 18 heavy (non-hydrogen) atoms. The Bertz CT molecular complexity index is 382. The minimum absolute atomic E-state index is 0.484. The minimum atomic E-state index is 0.484. The van der Waals surface area contributed by atoms with Crippen LogP contribution < -0.4 is 5.32 Å². The van der Waals surface area contributed by atoms with Gasteiger partial charge in [-0.2, -0.15) is 0 Å². The molecule has 1 aromatic rings. The number of rotatable bonds is 4. The zero-order valence-electron chi connectivity index (χ0n) is 12.0. The van der Waals surface area contributed by atoms with Crippen LogP contribution in [0.2, 0.25) is 0 Å². The molecule has 0 amide bonds. The lowest BCUT2D eigenvalue weighted by Crippen LogP contribution is -2.37. The van der Waals surface area contributed by atoms with Crippen LogP contribution in [-0.4, -0.2) is 36.6 Å². The molecule has 0 spiro atoms. The molecule has 1 aromatic heterocycles. The molecule has 2 rings (SSSR count). The third-order valence-corrected chi connectivity index (χ3v) is 5.17. The summed E-state index contributed by atoms with van der Waals surface area (Å²) < 4.78 is 0. The predicted octanol–water partition coefficient (Wildman–Crippen LogP) is 2.75. The van der Waals surface area contributed by atoms with Crippen LogP contribution in [0.25, 0.3) is 0 Å². The van der Waals surface area contributed by atoms with Gasteiger partial charge in [-0.15, -0.1) is 11.3 Å². The number of piperidine rings is 1. The Hall–Kier alpha value is -0.450. The van der Waals surface area contributed by atoms with Crippen LogP contribution in [0, 0.1) is 19.8 Å². The molecule has 3 nitrogen and oxygen atoms in total. The van der Waals surface area contributed by atoms with Crippen molar-refractivity contribution in [2.45, 2.75) is 39.7 Å². The van der Waals surface area contributed by atoms with Crippen molar-refractivity contribution in [1.82, 2.24) is 15.2 Å². The van der Waals surface area contributed by atoms with E-state index in [2.05, 4.69) is 43.0 Å². The van der Waals surface area contributed by atoms with Gasteiger partial charge in [-0.25, -0.2) is 4.98 Å². The molecule has 1 aliphatic rings. The summed E-state index contributed by atoms with van der Waals surface area (Å²) in [5.74, 6) is 0.806. The number of aromatic nitrogens is 1. The molecule has 2 heterocycles. The van der Waals surface area contributed by atoms with Crippen molar-refractivity contribution in [2.24, 2.45) is 5.92 Å². The number of hydrogen-bond donors (Lipinski definition) is 1. The zero-order valence-corrected chi connectivity index (χ0v) is 12.8. The fourth-order valence-corrected chi connectivity index (χ4v) is 3.82. The largest absolute Gasteiger partial charge is 0.316 e. The summed E-state index contributed by atoms with van der Waals surface area (Å²) in [6.07, 6.45) is 2.69. The van der Waals surface area contributed by atoms with Crippen LogP contribution in [-0.2, 0) is 0 Å². The Morgan fingerprint density at radius 2 is 2.28 bits per heavy atom. The van der Waals surface area contributed by atoms with Gasteiger partial charge in [0.05, 0.1) is 10.7 Å². The normalized spacial score (nSPS) is 22.4. The minimum Gasteiger partial charge on any atom is -0.316 e. The van der Waals surface area contributed by atoms with Gasteiger partial charge >= 0.3 is 0 Å². The van der Waals surface area contributed by atoms with Gasteiger partial charge in [0, 0.05) is 17.5 Å². The summed E-state index contributed by atoms with van der Waals surface area (Å²) in [6, 6.07) is 0.484. The maximum Gasteiger partial charge on any atom is 0.0900 e. The van der Waals surface area contributed by atoms with Gasteiger partial charge in [0.2, 0.25) is 0 Å². The van der Waals surface area contributed by atoms with E-state index in [1.165, 1.54) is 48.1 Å². The third kappa shape index (κ3) is 3.31. The van der Waals surface area contributed by atoms with Crippen molar-refractivity contribution < 1.29 is 0 Å². The smallest absolute Gasteiger partial charge is 0.0900 e. The quantitative estimate of drug-likeness (QED) is 0.909. The van der Waals surface area contributed by atoms with Crippen LogP contribution in [0.15, 0.2) is 0 Å². The molecule has 0 bridgehead atoms. The van der Waals surface area contributed by atoms with Gasteiger partial charge in [-0.05, 0) is 59.7 Å². The third-order valence-electron chi connectivity index (χ3n) is 3.93. The summed E-state index contributed by atoms with van der Waals surface area (Å²) in [6.45, 7) is 10.1. The van der Waals surface area contributed by atoms with Gasteiger partial charge in [0.25, 0.3) is 0 Å². The molecule has 0 aliphatic carbocycles. The topological polar surface area (TPSA) is 28.2 Å². The highest BCUT2D eigenvalue weighted by molar-refractivity contribution is 7.11. The van der Waals surface area contributed by atoms with E-state index in [1.54, 1.807) is 0 Å². The highest BCUT2D eigenvalue weighted by Gasteiger charge is 2.21. The molecule has 1 fully saturated rings. The second-order valence-electron chi connectivity index (χ2n) is 5.51. The van der Waals surface area contributed by atoms with Gasteiger partial charge in [-0.3, -0.25) is 4.90 Å². The van der Waals surface area contributed by atoms with E-state index in [-0.39, 0.29) is 0 Å². The number of thiazole rings is 1. The van der Waals surface area contributed by atoms with Crippen molar-refractivity contribution in [3.05, 3.63) is 15.6 Å². The molecule has 2 atom stereocenters. The number of nitrogens with one attached hydrogen (secondary N) is 1. The first kappa shape index (κ1) is 14.0. The van der Waals surface area contributed by atoms with Crippen molar-refractivity contribution in [1.29, 1.82) is 0 Å². The lowest BCUT2D eigenvalue weighted by molar-refractivity contribution is 0.200. The van der Waals surface area contributed by atoms with Gasteiger partial charge in [-0.1, -0.05) is 0 Å². The monoisotopic (exact) mass is 267 g/mol. The highest BCUT2D eigenvalue weighted by Crippen LogP contribution is 2.29. The summed E-state index contributed by atoms with van der Waals surface area (Å²) in [4.78, 5) is 8.45. The zero-order chi connectivity index (χ0) is 13.1. The SMILES string of the molecule is Cc1nc(C)c(C(C)N(C)CC2CCCNC2)s1. The number of aryl methyl sites for hydroxylation is 2. The summed E-state index contributed by atoms with van der Waals surface area (Å²) >= 11 is 1.84. The lowest BCUT2D eigenvalue weighted by atomic mass is 9.98. The van der Waals surface area contributed by atoms with E-state index in [1.807, 2.05) is 11.3 Å². The number of nitrogens with zero attached hydrogens (tertiary/aromatic N) is 2. The van der Waals surface area contributed by atoms with Crippen LogP contribution in [0.1, 0.15) is 41.4 Å². The lowest BCUT2D eigenvalue weighted by Gasteiger charge is -2.31. The summed E-state index contributed by atoms with van der Waals surface area (Å²) in [5.41, 5.74) is 1.21. The Labute approximate surface area is 115 Å². The van der Waals surface area contributed by atoms with E-state index in [0.29, 0.717) is 6.04 Å². The Balaban J connectivity index is 1.95. The average molecular weight is 267 g/mol. The van der Waals surface area contributed by atoms with E-state index < -0.39 is 0 Å². The van der Waals surface area contributed by atoms with Crippen LogP contribution in [0.3, 0.4) is 0 Å². The molecule has 0 aromatic carbocycles. The van der Waals surface area contributed by atoms with E-state index in [0.717, 1.165) is 5.92 Å². The van der Waals surface area contributed by atoms with Crippen LogP contribution in [0.4, 0.5) is 0 Å². The molecular weight excluding hydrogens is 242 g/mol. The van der Waals surface area contributed by atoms with Crippen LogP contribution in [0.5, 0.6) is 0 Å². The fraction of sp³-hybridized carbons (Fsp3) is 0.786. The van der Waals surface area contributed by atoms with E-state index in [4.69, 9.17) is 0 Å². The van der Waals surface area contributed by atoms with Crippen molar-refractivity contribution in [3.8, 4) is 0 Å². The standard InChI is InChI=1S/C14H25N3S/c1-10-14(18-12(3)16-10)11(2)17(4)9-13-6-5-7-15-8-13/h11,13,15H,5-9H2,1-4H3. The second-order valence-corrected chi connectivity index (χ2v) is 6.75. The van der Waals surface area contributed by atoms with Gasteiger partial charge in [0.15, 0.2) is 0 Å². The molecule has 1 saturated heterocycles. The Kier molecular flexibility index (Phi) is 4.76. The Morgan fingerprint density at radius 1 is 1.50 bits per heavy atom. The van der Waals surface area contributed by atoms with Crippen molar-refractivity contribution in [2.75, 3.05) is 26.7 Å². The maximum atomic E-state index is 4.54. The molecule has 102 valence electrons. The first-order valence-electron chi connectivity index (χ1n) is 6.92. The van der Waals surface area contributed by atoms with Crippen LogP contribution >= 0.6 is 11.3 Å². The molecular formula is C14H25N3S.